The summed E-state index contributed by atoms with van der Waals surface area (Å²) in [4.78, 5) is 17.4. The van der Waals surface area contributed by atoms with E-state index in [9.17, 15) is 13.2 Å². The molecule has 10 heteroatoms. The first-order valence-corrected chi connectivity index (χ1v) is 11.5. The van der Waals surface area contributed by atoms with Crippen LogP contribution in [0.1, 0.15) is 24.4 Å². The minimum atomic E-state index is -3.23. The van der Waals surface area contributed by atoms with Crippen LogP contribution >= 0.6 is 11.3 Å². The van der Waals surface area contributed by atoms with Gasteiger partial charge in [0.25, 0.3) is 5.91 Å². The maximum absolute atomic E-state index is 12.1. The number of hydrogen-bond donors (Lipinski definition) is 1. The van der Waals surface area contributed by atoms with E-state index in [4.69, 9.17) is 9.47 Å². The Hall–Kier alpha value is -2.17. The molecule has 1 aromatic heterocycles. The van der Waals surface area contributed by atoms with Crippen LogP contribution in [-0.4, -0.2) is 49.1 Å². The molecular formula is C18H23N3O5S2. The van der Waals surface area contributed by atoms with E-state index in [0.29, 0.717) is 37.0 Å². The second-order valence-corrected chi connectivity index (χ2v) is 9.46. The van der Waals surface area contributed by atoms with E-state index in [1.807, 2.05) is 6.92 Å². The van der Waals surface area contributed by atoms with Crippen LogP contribution in [0.5, 0.6) is 11.5 Å². The van der Waals surface area contributed by atoms with Crippen molar-refractivity contribution in [1.29, 1.82) is 0 Å². The third-order valence-electron chi connectivity index (χ3n) is 4.21. The fourth-order valence-electron chi connectivity index (χ4n) is 2.75. The summed E-state index contributed by atoms with van der Waals surface area (Å²) in [5.41, 5.74) is 0.843. The van der Waals surface area contributed by atoms with Crippen molar-refractivity contribution in [2.45, 2.75) is 26.8 Å². The Labute approximate surface area is 168 Å². The Bertz CT molecular complexity index is 925. The Kier molecular flexibility index (Phi) is 6.53. The highest BCUT2D eigenvalue weighted by atomic mass is 32.2. The van der Waals surface area contributed by atoms with Gasteiger partial charge in [-0.25, -0.2) is 13.4 Å². The molecule has 0 unspecified atom stereocenters. The number of ether oxygens (including phenoxy) is 2. The number of anilines is 1. The van der Waals surface area contributed by atoms with Crippen LogP contribution in [0, 0.1) is 0 Å². The fraction of sp³-hybridized carbons (Fsp3) is 0.444. The molecule has 1 N–H and O–H groups in total. The van der Waals surface area contributed by atoms with E-state index in [2.05, 4.69) is 10.3 Å². The monoisotopic (exact) mass is 425 g/mol. The van der Waals surface area contributed by atoms with Crippen molar-refractivity contribution in [3.8, 4) is 11.5 Å². The quantitative estimate of drug-likeness (QED) is 0.697. The molecule has 1 aliphatic rings. The molecule has 0 bridgehead atoms. The minimum absolute atomic E-state index is 0.0770. The third-order valence-corrected chi connectivity index (χ3v) is 7.03. The second kappa shape index (κ2) is 8.89. The van der Waals surface area contributed by atoms with E-state index in [-0.39, 0.29) is 18.3 Å². The molecule has 28 heavy (non-hydrogen) atoms. The number of benzene rings is 1. The lowest BCUT2D eigenvalue weighted by atomic mass is 10.2. The highest BCUT2D eigenvalue weighted by molar-refractivity contribution is 7.89. The van der Waals surface area contributed by atoms with Crippen LogP contribution in [0.15, 0.2) is 24.3 Å². The summed E-state index contributed by atoms with van der Waals surface area (Å²) in [6, 6.07) is 7.04. The number of aromatic nitrogens is 1. The van der Waals surface area contributed by atoms with Crippen LogP contribution in [0.4, 0.5) is 5.13 Å². The maximum Gasteiger partial charge on any atom is 0.264 e. The molecule has 2 heterocycles. The van der Waals surface area contributed by atoms with Crippen LogP contribution < -0.4 is 14.8 Å². The van der Waals surface area contributed by atoms with Crippen LogP contribution in [0.3, 0.4) is 0 Å². The van der Waals surface area contributed by atoms with E-state index in [0.717, 1.165) is 16.3 Å². The zero-order chi connectivity index (χ0) is 20.1. The summed E-state index contributed by atoms with van der Waals surface area (Å²) in [6.45, 7) is 4.71. The molecule has 0 aliphatic carbocycles. The largest absolute Gasteiger partial charge is 0.494 e. The van der Waals surface area contributed by atoms with Gasteiger partial charge in [-0.3, -0.25) is 10.1 Å². The van der Waals surface area contributed by atoms with Crippen molar-refractivity contribution in [2.75, 3.05) is 30.8 Å². The van der Waals surface area contributed by atoms with Gasteiger partial charge in [0.05, 0.1) is 18.1 Å². The molecule has 0 atom stereocenters. The number of thiazole rings is 1. The van der Waals surface area contributed by atoms with Crippen LogP contribution in [0.25, 0.3) is 0 Å². The van der Waals surface area contributed by atoms with Crippen molar-refractivity contribution in [3.63, 3.8) is 0 Å². The highest BCUT2D eigenvalue weighted by Crippen LogP contribution is 2.29. The van der Waals surface area contributed by atoms with E-state index in [1.165, 1.54) is 15.6 Å². The number of amides is 1. The van der Waals surface area contributed by atoms with Crippen molar-refractivity contribution >= 4 is 32.4 Å². The third kappa shape index (κ3) is 5.00. The molecule has 0 radical (unpaired) electrons. The summed E-state index contributed by atoms with van der Waals surface area (Å²) in [6.07, 6.45) is 0.545. The van der Waals surface area contributed by atoms with Gasteiger partial charge in [0.1, 0.15) is 11.5 Å². The van der Waals surface area contributed by atoms with Gasteiger partial charge in [-0.1, -0.05) is 0 Å². The van der Waals surface area contributed by atoms with Crippen molar-refractivity contribution < 1.29 is 22.7 Å². The molecule has 0 saturated carbocycles. The smallest absolute Gasteiger partial charge is 0.264 e. The van der Waals surface area contributed by atoms with Gasteiger partial charge in [-0.05, 0) is 38.1 Å². The molecule has 3 rings (SSSR count). The first-order valence-electron chi connectivity index (χ1n) is 9.03. The van der Waals surface area contributed by atoms with Gasteiger partial charge in [-0.15, -0.1) is 11.3 Å². The predicted molar refractivity (Wildman–Crippen MR) is 107 cm³/mol. The molecule has 0 spiro atoms. The lowest BCUT2D eigenvalue weighted by molar-refractivity contribution is -0.118. The van der Waals surface area contributed by atoms with Gasteiger partial charge >= 0.3 is 0 Å². The lowest BCUT2D eigenvalue weighted by Crippen LogP contribution is -2.36. The van der Waals surface area contributed by atoms with Crippen LogP contribution in [-0.2, 0) is 27.8 Å². The van der Waals surface area contributed by atoms with Crippen molar-refractivity contribution in [2.24, 2.45) is 0 Å². The first-order chi connectivity index (χ1) is 13.4. The van der Waals surface area contributed by atoms with Gasteiger partial charge < -0.3 is 9.47 Å². The molecule has 1 aliphatic heterocycles. The number of nitrogens with zero attached hydrogens (tertiary/aromatic N) is 2. The van der Waals surface area contributed by atoms with Crippen molar-refractivity contribution in [3.05, 3.63) is 34.8 Å². The Balaban J connectivity index is 1.54. The summed E-state index contributed by atoms with van der Waals surface area (Å²) < 4.78 is 36.4. The SMILES string of the molecule is CCOc1ccc(OCC(=O)Nc2nc3c(s2)CN(S(=O)(=O)CC)CC3)cc1. The molecule has 1 aromatic carbocycles. The molecule has 2 aromatic rings. The fourth-order valence-corrected chi connectivity index (χ4v) is 4.93. The lowest BCUT2D eigenvalue weighted by Gasteiger charge is -2.24. The maximum atomic E-state index is 12.1. The Morgan fingerprint density at radius 1 is 1.21 bits per heavy atom. The zero-order valence-corrected chi connectivity index (χ0v) is 17.4. The summed E-state index contributed by atoms with van der Waals surface area (Å²) >= 11 is 1.30. The normalized spacial score (nSPS) is 14.4. The standard InChI is InChI=1S/C18H23N3O5S2/c1-3-25-13-5-7-14(8-6-13)26-12-17(22)20-18-19-15-9-10-21(11-16(15)27-18)28(23,24)4-2/h5-8H,3-4,9-12H2,1-2H3,(H,19,20,22). The summed E-state index contributed by atoms with van der Waals surface area (Å²) in [7, 11) is -3.23. The predicted octanol–water partition coefficient (Wildman–Crippen LogP) is 2.27. The summed E-state index contributed by atoms with van der Waals surface area (Å²) in [5, 5.41) is 3.18. The van der Waals surface area contributed by atoms with E-state index in [1.54, 1.807) is 31.2 Å². The van der Waals surface area contributed by atoms with Gasteiger partial charge in [0.2, 0.25) is 10.0 Å². The highest BCUT2D eigenvalue weighted by Gasteiger charge is 2.28. The molecule has 0 saturated heterocycles. The van der Waals surface area contributed by atoms with Crippen molar-refractivity contribution in [1.82, 2.24) is 9.29 Å². The number of carbonyl (C=O) groups excluding carboxylic acids is 1. The molecule has 8 nitrogen and oxygen atoms in total. The average molecular weight is 426 g/mol. The number of hydrogen-bond acceptors (Lipinski definition) is 7. The average Bonchev–Trinajstić information content (AvgIpc) is 3.09. The number of fused-ring (bicyclic) bond motifs is 1. The number of rotatable bonds is 8. The molecule has 152 valence electrons. The van der Waals surface area contributed by atoms with Gasteiger partial charge in [-0.2, -0.15) is 4.31 Å². The van der Waals surface area contributed by atoms with Gasteiger partial charge in [0.15, 0.2) is 11.7 Å². The Morgan fingerprint density at radius 3 is 2.54 bits per heavy atom. The number of carbonyl (C=O) groups is 1. The zero-order valence-electron chi connectivity index (χ0n) is 15.8. The number of nitrogens with one attached hydrogen (secondary N) is 1. The second-order valence-electron chi connectivity index (χ2n) is 6.11. The van der Waals surface area contributed by atoms with E-state index >= 15 is 0 Å². The first kappa shape index (κ1) is 20.6. The van der Waals surface area contributed by atoms with Crippen LogP contribution in [0.2, 0.25) is 0 Å². The number of sulfonamides is 1. The molecule has 1 amide bonds. The van der Waals surface area contributed by atoms with E-state index < -0.39 is 10.0 Å². The summed E-state index contributed by atoms with van der Waals surface area (Å²) in [5.74, 6) is 1.07. The minimum Gasteiger partial charge on any atom is -0.494 e. The van der Waals surface area contributed by atoms with Gasteiger partial charge in [0, 0.05) is 24.4 Å². The molecular weight excluding hydrogens is 402 g/mol. The topological polar surface area (TPSA) is 97.8 Å². The Morgan fingerprint density at radius 2 is 1.89 bits per heavy atom. The molecule has 0 fully saturated rings.